The van der Waals surface area contributed by atoms with Gasteiger partial charge >= 0.3 is 0 Å². The highest BCUT2D eigenvalue weighted by atomic mass is 35.5. The fraction of sp³-hybridized carbons (Fsp3) is 0.250. The van der Waals surface area contributed by atoms with Gasteiger partial charge in [0.25, 0.3) is 0 Å². The minimum absolute atomic E-state index is 0.145. The van der Waals surface area contributed by atoms with Gasteiger partial charge in [-0.25, -0.2) is 0 Å². The summed E-state index contributed by atoms with van der Waals surface area (Å²) in [6, 6.07) is 16.6. The molecule has 1 amide bonds. The maximum atomic E-state index is 12.8. The zero-order chi connectivity index (χ0) is 30.2. The first-order valence-corrected chi connectivity index (χ1v) is 14.1. The number of hydrogen-bond acceptors (Lipinski definition) is 9. The number of nitrogens with zero attached hydrogens (tertiary/aromatic N) is 4. The molecule has 10 nitrogen and oxygen atoms in total. The van der Waals surface area contributed by atoms with Crippen molar-refractivity contribution in [2.75, 3.05) is 44.5 Å². The summed E-state index contributed by atoms with van der Waals surface area (Å²) in [5, 5.41) is 17.2. The molecule has 11 heteroatoms. The van der Waals surface area contributed by atoms with E-state index in [-0.39, 0.29) is 18.6 Å². The van der Waals surface area contributed by atoms with Crippen molar-refractivity contribution in [1.29, 1.82) is 5.26 Å². The van der Waals surface area contributed by atoms with E-state index in [4.69, 9.17) is 25.8 Å². The number of likely N-dealkylation sites (N-methyl/N-ethyl adjacent to an activating group) is 1. The number of halogens is 1. The molecular weight excluding hydrogens is 568 g/mol. The maximum Gasteiger partial charge on any atom is 0.248 e. The van der Waals surface area contributed by atoms with E-state index in [1.165, 1.54) is 12.3 Å². The zero-order valence-corrected chi connectivity index (χ0v) is 24.6. The minimum Gasteiger partial charge on any atom is -0.486 e. The number of carbonyl (C=O) groups excluding carboxylic acids is 1. The van der Waals surface area contributed by atoms with Gasteiger partial charge in [-0.1, -0.05) is 23.7 Å². The smallest absolute Gasteiger partial charge is 0.248 e. The number of aromatic nitrogens is 2. The molecule has 2 N–H and O–H groups in total. The Morgan fingerprint density at radius 2 is 2.09 bits per heavy atom. The lowest BCUT2D eigenvalue weighted by Gasteiger charge is -2.19. The van der Waals surface area contributed by atoms with E-state index in [1.807, 2.05) is 43.3 Å². The molecule has 0 saturated carbocycles. The highest BCUT2D eigenvalue weighted by molar-refractivity contribution is 6.32. The third-order valence-corrected chi connectivity index (χ3v) is 6.87. The van der Waals surface area contributed by atoms with Crippen LogP contribution in [0.25, 0.3) is 10.9 Å². The second-order valence-electron chi connectivity index (χ2n) is 10.2. The van der Waals surface area contributed by atoms with Crippen molar-refractivity contribution in [3.8, 4) is 17.6 Å². The molecule has 0 unspecified atom stereocenters. The molecule has 3 heterocycles. The first-order chi connectivity index (χ1) is 20.9. The van der Waals surface area contributed by atoms with Crippen LogP contribution in [0, 0.1) is 11.3 Å². The van der Waals surface area contributed by atoms with Crippen molar-refractivity contribution in [3.05, 3.63) is 89.4 Å². The number of carbonyl (C=O) groups is 1. The topological polar surface area (TPSA) is 122 Å². The summed E-state index contributed by atoms with van der Waals surface area (Å²) in [5.74, 6) is 0.668. The van der Waals surface area contributed by atoms with Gasteiger partial charge < -0.3 is 29.7 Å². The molecule has 2 aromatic carbocycles. The maximum absolute atomic E-state index is 12.8. The number of anilines is 3. The van der Waals surface area contributed by atoms with Crippen LogP contribution in [0.1, 0.15) is 17.7 Å². The Labute approximate surface area is 254 Å². The number of ether oxygens (including phenoxy) is 3. The van der Waals surface area contributed by atoms with Crippen LogP contribution in [-0.2, 0) is 16.1 Å². The molecule has 0 bridgehead atoms. The average Bonchev–Trinajstić information content (AvgIpc) is 3.51. The monoisotopic (exact) mass is 598 g/mol. The summed E-state index contributed by atoms with van der Waals surface area (Å²) >= 11 is 6.55. The van der Waals surface area contributed by atoms with Gasteiger partial charge in [-0.3, -0.25) is 14.8 Å². The van der Waals surface area contributed by atoms with Gasteiger partial charge in [0.2, 0.25) is 5.91 Å². The number of nitrogens with one attached hydrogen (secondary N) is 2. The van der Waals surface area contributed by atoms with Crippen LogP contribution >= 0.6 is 11.6 Å². The number of rotatable bonds is 11. The number of fused-ring (bicyclic) bond motifs is 1. The molecule has 43 heavy (non-hydrogen) atoms. The Morgan fingerprint density at radius 3 is 2.81 bits per heavy atom. The molecule has 1 aliphatic rings. The molecule has 1 saturated heterocycles. The number of benzene rings is 2. The molecule has 0 radical (unpaired) electrons. The van der Waals surface area contributed by atoms with Crippen molar-refractivity contribution in [1.82, 2.24) is 14.9 Å². The molecule has 1 aliphatic heterocycles. The first-order valence-electron chi connectivity index (χ1n) is 13.7. The van der Waals surface area contributed by atoms with E-state index in [2.05, 4.69) is 26.7 Å². The summed E-state index contributed by atoms with van der Waals surface area (Å²) in [4.78, 5) is 23.5. The third kappa shape index (κ3) is 7.78. The van der Waals surface area contributed by atoms with Crippen LogP contribution < -0.4 is 20.1 Å². The Hall–Kier alpha value is -4.69. The van der Waals surface area contributed by atoms with E-state index < -0.39 is 0 Å². The number of pyridine rings is 2. The van der Waals surface area contributed by atoms with E-state index in [0.717, 1.165) is 12.1 Å². The molecule has 1 atom stereocenters. The van der Waals surface area contributed by atoms with Gasteiger partial charge in [0, 0.05) is 48.6 Å². The highest BCUT2D eigenvalue weighted by Gasteiger charge is 2.21. The number of amides is 1. The Balaban J connectivity index is 1.46. The summed E-state index contributed by atoms with van der Waals surface area (Å²) in [6.45, 7) is 1.97. The van der Waals surface area contributed by atoms with Crippen LogP contribution in [0.3, 0.4) is 0 Å². The van der Waals surface area contributed by atoms with Crippen LogP contribution in [0.15, 0.2) is 73.1 Å². The Morgan fingerprint density at radius 1 is 1.21 bits per heavy atom. The lowest BCUT2D eigenvalue weighted by molar-refractivity contribution is -0.111. The summed E-state index contributed by atoms with van der Waals surface area (Å²) in [7, 11) is 3.84. The Bertz CT molecular complexity index is 1670. The summed E-state index contributed by atoms with van der Waals surface area (Å²) in [6.07, 6.45) is 7.06. The molecule has 0 spiro atoms. The predicted octanol–water partition coefficient (Wildman–Crippen LogP) is 5.70. The molecule has 0 aliphatic carbocycles. The van der Waals surface area contributed by atoms with Crippen LogP contribution in [0.2, 0.25) is 5.02 Å². The number of nitriles is 1. The van der Waals surface area contributed by atoms with E-state index in [1.54, 1.807) is 36.5 Å². The molecule has 5 rings (SSSR count). The van der Waals surface area contributed by atoms with E-state index in [9.17, 15) is 10.1 Å². The minimum atomic E-state index is -0.305. The standard InChI is InChI=1S/C32H31ClN6O4/c1-39(2)12-5-7-31(40)38-28-15-25-27(16-30(28)43-24-10-13-41-20-24)36-18-21(17-34)32(25)37-22-8-9-29(26(33)14-22)42-19-23-6-3-4-11-35-23/h3-9,11,14-16,18,24H,10,12-13,19-20H2,1-2H3,(H,36,37)(H,38,40)/b7-5+/t24-/m1/s1. The van der Waals surface area contributed by atoms with Gasteiger partial charge in [-0.15, -0.1) is 0 Å². The van der Waals surface area contributed by atoms with Gasteiger partial charge in [0.1, 0.15) is 30.3 Å². The van der Waals surface area contributed by atoms with E-state index in [0.29, 0.717) is 69.8 Å². The average molecular weight is 599 g/mol. The van der Waals surface area contributed by atoms with Crippen molar-refractivity contribution in [3.63, 3.8) is 0 Å². The van der Waals surface area contributed by atoms with Crippen LogP contribution in [0.4, 0.5) is 17.1 Å². The van der Waals surface area contributed by atoms with Gasteiger partial charge in [-0.05, 0) is 50.5 Å². The Kier molecular flexibility index (Phi) is 9.69. The van der Waals surface area contributed by atoms with Gasteiger partial charge in [0.15, 0.2) is 0 Å². The number of hydrogen-bond donors (Lipinski definition) is 2. The van der Waals surface area contributed by atoms with Crippen molar-refractivity contribution in [2.24, 2.45) is 0 Å². The van der Waals surface area contributed by atoms with Crippen LogP contribution in [-0.4, -0.2) is 60.7 Å². The largest absolute Gasteiger partial charge is 0.486 e. The molecule has 220 valence electrons. The molecule has 4 aromatic rings. The highest BCUT2D eigenvalue weighted by Crippen LogP contribution is 2.38. The quantitative estimate of drug-likeness (QED) is 0.209. The van der Waals surface area contributed by atoms with Crippen molar-refractivity contribution in [2.45, 2.75) is 19.1 Å². The van der Waals surface area contributed by atoms with E-state index >= 15 is 0 Å². The molecular formula is C32H31ClN6O4. The third-order valence-electron chi connectivity index (χ3n) is 6.57. The second kappa shape index (κ2) is 14.0. The zero-order valence-electron chi connectivity index (χ0n) is 23.8. The lowest BCUT2D eigenvalue weighted by Crippen LogP contribution is -2.18. The fourth-order valence-electron chi connectivity index (χ4n) is 4.44. The normalized spacial score (nSPS) is 14.6. The van der Waals surface area contributed by atoms with Gasteiger partial charge in [-0.2, -0.15) is 5.26 Å². The summed E-state index contributed by atoms with van der Waals surface area (Å²) < 4.78 is 17.5. The fourth-order valence-corrected chi connectivity index (χ4v) is 4.68. The summed E-state index contributed by atoms with van der Waals surface area (Å²) in [5.41, 5.74) is 3.29. The van der Waals surface area contributed by atoms with Crippen LogP contribution in [0.5, 0.6) is 11.5 Å². The first kappa shape index (κ1) is 29.8. The second-order valence-corrected chi connectivity index (χ2v) is 10.6. The van der Waals surface area contributed by atoms with Crippen molar-refractivity contribution >= 4 is 45.5 Å². The van der Waals surface area contributed by atoms with Gasteiger partial charge in [0.05, 0.1) is 46.4 Å². The van der Waals surface area contributed by atoms with Crippen molar-refractivity contribution < 1.29 is 19.0 Å². The predicted molar refractivity (Wildman–Crippen MR) is 166 cm³/mol. The SMILES string of the molecule is CN(C)C/C=C/C(=O)Nc1cc2c(Nc3ccc(OCc4ccccn4)c(Cl)c3)c(C#N)cnc2cc1O[C@@H]1CCOC1. The molecule has 2 aromatic heterocycles. The lowest BCUT2D eigenvalue weighted by atomic mass is 10.1. The molecule has 1 fully saturated rings.